The van der Waals surface area contributed by atoms with Crippen LogP contribution in [0.15, 0.2) is 24.3 Å². The summed E-state index contributed by atoms with van der Waals surface area (Å²) in [4.78, 5) is 34.5. The van der Waals surface area contributed by atoms with Crippen LogP contribution >= 0.6 is 11.6 Å². The van der Waals surface area contributed by atoms with Crippen molar-refractivity contribution in [1.82, 2.24) is 10.2 Å². The van der Waals surface area contributed by atoms with Gasteiger partial charge in [-0.05, 0) is 11.6 Å². The van der Waals surface area contributed by atoms with Gasteiger partial charge in [-0.2, -0.15) is 0 Å². The predicted molar refractivity (Wildman–Crippen MR) is 75.1 cm³/mol. The maximum atomic E-state index is 11.9. The SMILES string of the molecule is CN(Cc1ccccc1Cl)C(=O)N[C@H](CC(=O)O)C(=O)O. The Kier molecular flexibility index (Phi) is 5.98. The topological polar surface area (TPSA) is 107 Å². The quantitative estimate of drug-likeness (QED) is 0.736. The summed E-state index contributed by atoms with van der Waals surface area (Å²) in [6.45, 7) is 0.172. The van der Waals surface area contributed by atoms with E-state index < -0.39 is 30.4 Å². The van der Waals surface area contributed by atoms with Crippen molar-refractivity contribution >= 4 is 29.6 Å². The number of rotatable bonds is 6. The Morgan fingerprint density at radius 3 is 2.43 bits per heavy atom. The lowest BCUT2D eigenvalue weighted by Crippen LogP contribution is -2.47. The van der Waals surface area contributed by atoms with E-state index in [0.717, 1.165) is 0 Å². The summed E-state index contributed by atoms with van der Waals surface area (Å²) in [5, 5.41) is 20.1. The smallest absolute Gasteiger partial charge is 0.326 e. The van der Waals surface area contributed by atoms with Crippen LogP contribution < -0.4 is 5.32 Å². The molecule has 0 saturated heterocycles. The van der Waals surface area contributed by atoms with Gasteiger partial charge in [-0.25, -0.2) is 9.59 Å². The summed E-state index contributed by atoms with van der Waals surface area (Å²) in [5.41, 5.74) is 0.696. The molecule has 8 heteroatoms. The molecule has 0 aromatic heterocycles. The first-order valence-electron chi connectivity index (χ1n) is 6.01. The van der Waals surface area contributed by atoms with Gasteiger partial charge in [0.05, 0.1) is 6.42 Å². The molecular formula is C13H15ClN2O5. The Morgan fingerprint density at radius 1 is 1.29 bits per heavy atom. The van der Waals surface area contributed by atoms with E-state index in [9.17, 15) is 14.4 Å². The number of carbonyl (C=O) groups excluding carboxylic acids is 1. The van der Waals surface area contributed by atoms with E-state index in [1.807, 2.05) is 0 Å². The zero-order valence-electron chi connectivity index (χ0n) is 11.2. The number of halogens is 1. The standard InChI is InChI=1S/C13H15ClN2O5/c1-16(7-8-4-2-3-5-9(8)14)13(21)15-10(12(19)20)6-11(17)18/h2-5,10H,6-7H2,1H3,(H,15,21)(H,17,18)(H,19,20)/t10-/m1/s1. The molecule has 1 aromatic carbocycles. The van der Waals surface area contributed by atoms with Crippen molar-refractivity contribution in [2.75, 3.05) is 7.05 Å². The first-order valence-corrected chi connectivity index (χ1v) is 6.38. The van der Waals surface area contributed by atoms with Gasteiger partial charge in [-0.15, -0.1) is 0 Å². The molecule has 114 valence electrons. The fraction of sp³-hybridized carbons (Fsp3) is 0.308. The Morgan fingerprint density at radius 2 is 1.90 bits per heavy atom. The number of nitrogens with one attached hydrogen (secondary N) is 1. The Bertz CT molecular complexity index is 549. The van der Waals surface area contributed by atoms with Crippen LogP contribution in [0, 0.1) is 0 Å². The Hall–Kier alpha value is -2.28. The number of carbonyl (C=O) groups is 3. The van der Waals surface area contributed by atoms with E-state index >= 15 is 0 Å². The molecule has 0 spiro atoms. The summed E-state index contributed by atoms with van der Waals surface area (Å²) in [7, 11) is 1.46. The molecule has 0 aliphatic rings. The zero-order chi connectivity index (χ0) is 16.0. The summed E-state index contributed by atoms with van der Waals surface area (Å²) in [5.74, 6) is -2.71. The zero-order valence-corrected chi connectivity index (χ0v) is 12.0. The highest BCUT2D eigenvalue weighted by Gasteiger charge is 2.24. The maximum Gasteiger partial charge on any atom is 0.326 e. The van der Waals surface area contributed by atoms with Gasteiger partial charge in [-0.3, -0.25) is 4.79 Å². The average molecular weight is 315 g/mol. The van der Waals surface area contributed by atoms with E-state index in [1.165, 1.54) is 11.9 Å². The molecule has 0 saturated carbocycles. The minimum Gasteiger partial charge on any atom is -0.481 e. The lowest BCUT2D eigenvalue weighted by atomic mass is 10.2. The van der Waals surface area contributed by atoms with E-state index in [4.69, 9.17) is 21.8 Å². The number of carboxylic acid groups (broad SMARTS) is 2. The molecule has 21 heavy (non-hydrogen) atoms. The molecule has 0 heterocycles. The van der Waals surface area contributed by atoms with Gasteiger partial charge in [0.25, 0.3) is 0 Å². The lowest BCUT2D eigenvalue weighted by Gasteiger charge is -2.21. The van der Waals surface area contributed by atoms with Gasteiger partial charge in [0.2, 0.25) is 0 Å². The largest absolute Gasteiger partial charge is 0.481 e. The van der Waals surface area contributed by atoms with Gasteiger partial charge >= 0.3 is 18.0 Å². The van der Waals surface area contributed by atoms with Crippen LogP contribution in [0.25, 0.3) is 0 Å². The van der Waals surface area contributed by atoms with Gasteiger partial charge in [0, 0.05) is 18.6 Å². The Balaban J connectivity index is 2.67. The summed E-state index contributed by atoms with van der Waals surface area (Å²) in [6, 6.07) is 4.74. The number of hydrogen-bond acceptors (Lipinski definition) is 3. The van der Waals surface area contributed by atoms with E-state index in [-0.39, 0.29) is 6.54 Å². The van der Waals surface area contributed by atoms with Crippen molar-refractivity contribution in [2.45, 2.75) is 19.0 Å². The molecular weight excluding hydrogens is 300 g/mol. The molecule has 0 fully saturated rings. The first-order chi connectivity index (χ1) is 9.81. The Labute approximate surface area is 126 Å². The van der Waals surface area contributed by atoms with Crippen molar-refractivity contribution < 1.29 is 24.6 Å². The third kappa shape index (κ3) is 5.31. The van der Waals surface area contributed by atoms with Crippen molar-refractivity contribution in [1.29, 1.82) is 0 Å². The van der Waals surface area contributed by atoms with Crippen LogP contribution in [0.5, 0.6) is 0 Å². The number of nitrogens with zero attached hydrogens (tertiary/aromatic N) is 1. The van der Waals surface area contributed by atoms with Crippen molar-refractivity contribution in [3.05, 3.63) is 34.9 Å². The third-order valence-electron chi connectivity index (χ3n) is 2.69. The van der Waals surface area contributed by atoms with Gasteiger partial charge < -0.3 is 20.4 Å². The highest BCUT2D eigenvalue weighted by atomic mass is 35.5. The molecule has 2 amide bonds. The molecule has 3 N–H and O–H groups in total. The first kappa shape index (κ1) is 16.8. The van der Waals surface area contributed by atoms with Crippen LogP contribution in [0.3, 0.4) is 0 Å². The minimum absolute atomic E-state index is 0.172. The molecule has 1 atom stereocenters. The molecule has 0 aliphatic heterocycles. The van der Waals surface area contributed by atoms with Crippen LogP contribution in [-0.2, 0) is 16.1 Å². The lowest BCUT2D eigenvalue weighted by molar-refractivity contribution is -0.145. The molecule has 7 nitrogen and oxygen atoms in total. The van der Waals surface area contributed by atoms with Crippen LogP contribution in [-0.4, -0.2) is 46.2 Å². The van der Waals surface area contributed by atoms with E-state index in [2.05, 4.69) is 5.32 Å². The highest BCUT2D eigenvalue weighted by Crippen LogP contribution is 2.16. The second kappa shape index (κ2) is 7.49. The van der Waals surface area contributed by atoms with Crippen molar-refractivity contribution in [3.8, 4) is 0 Å². The molecule has 0 unspecified atom stereocenters. The molecule has 0 bridgehead atoms. The number of benzene rings is 1. The summed E-state index contributed by atoms with van der Waals surface area (Å²) in [6.07, 6.45) is -0.693. The molecule has 0 radical (unpaired) electrons. The predicted octanol–water partition coefficient (Wildman–Crippen LogP) is 1.41. The minimum atomic E-state index is -1.48. The molecule has 0 aliphatic carbocycles. The number of amides is 2. The maximum absolute atomic E-state index is 11.9. The average Bonchev–Trinajstić information content (AvgIpc) is 2.39. The molecule has 1 rings (SSSR count). The van der Waals surface area contributed by atoms with Crippen LogP contribution in [0.2, 0.25) is 5.02 Å². The van der Waals surface area contributed by atoms with Crippen molar-refractivity contribution in [2.24, 2.45) is 0 Å². The summed E-state index contributed by atoms with van der Waals surface area (Å²) >= 11 is 5.97. The third-order valence-corrected chi connectivity index (χ3v) is 3.06. The van der Waals surface area contributed by atoms with Crippen LogP contribution in [0.1, 0.15) is 12.0 Å². The van der Waals surface area contributed by atoms with Crippen molar-refractivity contribution in [3.63, 3.8) is 0 Å². The fourth-order valence-electron chi connectivity index (χ4n) is 1.59. The van der Waals surface area contributed by atoms with Gasteiger partial charge in [-0.1, -0.05) is 29.8 Å². The summed E-state index contributed by atoms with van der Waals surface area (Å²) < 4.78 is 0. The van der Waals surface area contributed by atoms with E-state index in [0.29, 0.717) is 10.6 Å². The number of carboxylic acids is 2. The van der Waals surface area contributed by atoms with Gasteiger partial charge in [0.15, 0.2) is 0 Å². The number of aliphatic carboxylic acids is 2. The van der Waals surface area contributed by atoms with E-state index in [1.54, 1.807) is 24.3 Å². The fourth-order valence-corrected chi connectivity index (χ4v) is 1.78. The number of urea groups is 1. The molecule has 1 aromatic rings. The second-order valence-corrected chi connectivity index (χ2v) is 4.79. The monoisotopic (exact) mass is 314 g/mol. The number of hydrogen-bond donors (Lipinski definition) is 3. The normalized spacial score (nSPS) is 11.5. The van der Waals surface area contributed by atoms with Crippen LogP contribution in [0.4, 0.5) is 4.79 Å². The van der Waals surface area contributed by atoms with Gasteiger partial charge in [0.1, 0.15) is 6.04 Å². The highest BCUT2D eigenvalue weighted by molar-refractivity contribution is 6.31. The second-order valence-electron chi connectivity index (χ2n) is 4.39.